The lowest BCUT2D eigenvalue weighted by Crippen LogP contribution is -2.46. The van der Waals surface area contributed by atoms with E-state index >= 15 is 0 Å². The summed E-state index contributed by atoms with van der Waals surface area (Å²) in [6.07, 6.45) is 1.12. The third kappa shape index (κ3) is 4.57. The molecule has 1 saturated heterocycles. The van der Waals surface area contributed by atoms with Gasteiger partial charge in [0.2, 0.25) is 5.78 Å². The summed E-state index contributed by atoms with van der Waals surface area (Å²) >= 11 is 0. The zero-order chi connectivity index (χ0) is 17.9. The van der Waals surface area contributed by atoms with E-state index in [0.717, 1.165) is 0 Å². The molecule has 0 radical (unpaired) electrons. The number of esters is 1. The van der Waals surface area contributed by atoms with Gasteiger partial charge in [-0.3, -0.25) is 9.59 Å². The molecule has 1 aliphatic heterocycles. The second-order valence-electron chi connectivity index (χ2n) is 6.96. The van der Waals surface area contributed by atoms with Crippen molar-refractivity contribution in [1.82, 2.24) is 4.90 Å². The molecule has 0 aliphatic carbocycles. The molecule has 0 saturated carbocycles. The largest absolute Gasteiger partial charge is 0.508 e. The molecular formula is C18H23NO5. The van der Waals surface area contributed by atoms with E-state index in [9.17, 15) is 19.5 Å². The van der Waals surface area contributed by atoms with E-state index < -0.39 is 29.3 Å². The van der Waals surface area contributed by atoms with E-state index in [2.05, 4.69) is 0 Å². The number of amides is 1. The Morgan fingerprint density at radius 1 is 1.21 bits per heavy atom. The molecule has 0 spiro atoms. The number of aromatic hydroxyl groups is 1. The van der Waals surface area contributed by atoms with Gasteiger partial charge in [-0.15, -0.1) is 0 Å². The second kappa shape index (κ2) is 7.03. The Morgan fingerprint density at radius 3 is 2.42 bits per heavy atom. The fourth-order valence-electron chi connectivity index (χ4n) is 2.66. The number of carbonyl (C=O) groups is 3. The van der Waals surface area contributed by atoms with Gasteiger partial charge in [-0.1, -0.05) is 12.1 Å². The minimum atomic E-state index is -0.694. The highest BCUT2D eigenvalue weighted by atomic mass is 16.6. The molecule has 0 aromatic heterocycles. The average Bonchev–Trinajstić information content (AvgIpc) is 2.96. The van der Waals surface area contributed by atoms with E-state index in [1.165, 1.54) is 17.0 Å². The maximum absolute atomic E-state index is 12.4. The van der Waals surface area contributed by atoms with Gasteiger partial charge >= 0.3 is 5.97 Å². The fraction of sp³-hybridized carbons (Fsp3) is 0.500. The van der Waals surface area contributed by atoms with Crippen molar-refractivity contribution < 1.29 is 24.2 Å². The summed E-state index contributed by atoms with van der Waals surface area (Å²) in [6, 6.07) is 5.42. The first-order chi connectivity index (χ1) is 11.2. The number of Topliss-reactive ketones (excluding diaryl/α,β-unsaturated/α-hetero) is 1. The van der Waals surface area contributed by atoms with Gasteiger partial charge in [-0.25, -0.2) is 4.79 Å². The lowest BCUT2D eigenvalue weighted by Gasteiger charge is -2.27. The monoisotopic (exact) mass is 333 g/mol. The number of phenolic OH excluding ortho intramolecular Hbond substituents is 1. The molecule has 24 heavy (non-hydrogen) atoms. The summed E-state index contributed by atoms with van der Waals surface area (Å²) in [7, 11) is 0. The smallest absolute Gasteiger partial charge is 0.329 e. The van der Waals surface area contributed by atoms with Crippen LogP contribution in [0.15, 0.2) is 24.3 Å². The van der Waals surface area contributed by atoms with Crippen molar-refractivity contribution >= 4 is 17.7 Å². The topological polar surface area (TPSA) is 83.9 Å². The predicted molar refractivity (Wildman–Crippen MR) is 87.4 cm³/mol. The number of likely N-dealkylation sites (tertiary alicyclic amines) is 1. The number of hydrogen-bond donors (Lipinski definition) is 1. The molecule has 1 aromatic rings. The number of ketones is 1. The molecule has 1 fully saturated rings. The number of hydrogen-bond acceptors (Lipinski definition) is 5. The van der Waals surface area contributed by atoms with Crippen LogP contribution in [0.5, 0.6) is 5.75 Å². The van der Waals surface area contributed by atoms with Gasteiger partial charge < -0.3 is 14.7 Å². The van der Waals surface area contributed by atoms with Gasteiger partial charge in [0.1, 0.15) is 17.4 Å². The van der Waals surface area contributed by atoms with Crippen molar-refractivity contribution in [2.24, 2.45) is 0 Å². The number of phenols is 1. The first kappa shape index (κ1) is 18.0. The highest BCUT2D eigenvalue weighted by molar-refractivity contribution is 6.36. The summed E-state index contributed by atoms with van der Waals surface area (Å²) in [5.74, 6) is -1.60. The molecule has 130 valence electrons. The standard InChI is InChI=1S/C18H23NO5/c1-18(2,3)24-17(23)14-5-4-10-19(14)16(22)15(21)11-12-6-8-13(20)9-7-12/h6-9,14,20H,4-5,10-11H2,1-3H3/t14-/m0/s1. The maximum atomic E-state index is 12.4. The molecular weight excluding hydrogens is 310 g/mol. The Balaban J connectivity index is 2.03. The zero-order valence-electron chi connectivity index (χ0n) is 14.2. The van der Waals surface area contributed by atoms with Gasteiger partial charge in [0, 0.05) is 13.0 Å². The molecule has 1 aromatic carbocycles. The predicted octanol–water partition coefficient (Wildman–Crippen LogP) is 1.84. The average molecular weight is 333 g/mol. The fourth-order valence-corrected chi connectivity index (χ4v) is 2.66. The molecule has 1 aliphatic rings. The number of nitrogens with zero attached hydrogens (tertiary/aromatic N) is 1. The van der Waals surface area contributed by atoms with E-state index in [4.69, 9.17) is 4.74 Å². The van der Waals surface area contributed by atoms with Crippen molar-refractivity contribution in [3.63, 3.8) is 0 Å². The summed E-state index contributed by atoms with van der Waals surface area (Å²) in [6.45, 7) is 5.68. The van der Waals surface area contributed by atoms with Gasteiger partial charge in [-0.2, -0.15) is 0 Å². The van der Waals surface area contributed by atoms with Crippen LogP contribution in [-0.2, 0) is 25.5 Å². The van der Waals surface area contributed by atoms with Gasteiger partial charge in [-0.05, 0) is 51.3 Å². The SMILES string of the molecule is CC(C)(C)OC(=O)[C@@H]1CCCN1C(=O)C(=O)Cc1ccc(O)cc1. The van der Waals surface area contributed by atoms with Crippen LogP contribution < -0.4 is 0 Å². The quantitative estimate of drug-likeness (QED) is 0.671. The van der Waals surface area contributed by atoms with Crippen LogP contribution in [0.4, 0.5) is 0 Å². The lowest BCUT2D eigenvalue weighted by molar-refractivity contribution is -0.163. The van der Waals surface area contributed by atoms with Crippen molar-refractivity contribution in [3.05, 3.63) is 29.8 Å². The first-order valence-electron chi connectivity index (χ1n) is 8.02. The first-order valence-corrected chi connectivity index (χ1v) is 8.02. The summed E-state index contributed by atoms with van der Waals surface area (Å²) in [4.78, 5) is 38.2. The van der Waals surface area contributed by atoms with E-state index in [0.29, 0.717) is 24.9 Å². The Morgan fingerprint density at radius 2 is 1.83 bits per heavy atom. The summed E-state index contributed by atoms with van der Waals surface area (Å²) in [5, 5.41) is 9.25. The number of ether oxygens (including phenoxy) is 1. The Hall–Kier alpha value is -2.37. The van der Waals surface area contributed by atoms with Crippen LogP contribution in [0.2, 0.25) is 0 Å². The van der Waals surface area contributed by atoms with Crippen molar-refractivity contribution in [3.8, 4) is 5.75 Å². The summed E-state index contributed by atoms with van der Waals surface area (Å²) in [5.41, 5.74) is 0.00363. The van der Waals surface area contributed by atoms with E-state index in [1.807, 2.05) is 0 Å². The van der Waals surface area contributed by atoms with E-state index in [1.54, 1.807) is 32.9 Å². The van der Waals surface area contributed by atoms with Crippen LogP contribution in [0.3, 0.4) is 0 Å². The second-order valence-corrected chi connectivity index (χ2v) is 6.96. The highest BCUT2D eigenvalue weighted by Crippen LogP contribution is 2.22. The van der Waals surface area contributed by atoms with Crippen molar-refractivity contribution in [2.75, 3.05) is 6.54 Å². The molecule has 1 amide bonds. The molecule has 0 unspecified atom stereocenters. The maximum Gasteiger partial charge on any atom is 0.329 e. The Bertz CT molecular complexity index is 630. The summed E-state index contributed by atoms with van der Waals surface area (Å²) < 4.78 is 5.34. The molecule has 1 atom stereocenters. The third-order valence-electron chi connectivity index (χ3n) is 3.73. The van der Waals surface area contributed by atoms with Crippen molar-refractivity contribution in [2.45, 2.75) is 51.7 Å². The molecule has 2 rings (SSSR count). The molecule has 1 heterocycles. The van der Waals surface area contributed by atoms with Gasteiger partial charge in [0.15, 0.2) is 0 Å². The minimum Gasteiger partial charge on any atom is -0.508 e. The lowest BCUT2D eigenvalue weighted by atomic mass is 10.1. The Kier molecular flexibility index (Phi) is 5.26. The van der Waals surface area contributed by atoms with Gasteiger partial charge in [0.05, 0.1) is 0 Å². The molecule has 6 nitrogen and oxygen atoms in total. The minimum absolute atomic E-state index is 0.0589. The van der Waals surface area contributed by atoms with E-state index in [-0.39, 0.29) is 12.2 Å². The third-order valence-corrected chi connectivity index (χ3v) is 3.73. The molecule has 1 N–H and O–H groups in total. The van der Waals surface area contributed by atoms with Crippen LogP contribution in [-0.4, -0.2) is 45.9 Å². The Labute approximate surface area is 141 Å². The number of rotatable bonds is 4. The zero-order valence-corrected chi connectivity index (χ0v) is 14.2. The van der Waals surface area contributed by atoms with Crippen LogP contribution in [0.25, 0.3) is 0 Å². The normalized spacial score (nSPS) is 17.6. The van der Waals surface area contributed by atoms with Crippen LogP contribution in [0, 0.1) is 0 Å². The number of carbonyl (C=O) groups excluding carboxylic acids is 3. The highest BCUT2D eigenvalue weighted by Gasteiger charge is 2.38. The van der Waals surface area contributed by atoms with Crippen LogP contribution >= 0.6 is 0 Å². The molecule has 0 bridgehead atoms. The van der Waals surface area contributed by atoms with Crippen molar-refractivity contribution in [1.29, 1.82) is 0 Å². The molecule has 6 heteroatoms. The van der Waals surface area contributed by atoms with Crippen LogP contribution in [0.1, 0.15) is 39.2 Å². The van der Waals surface area contributed by atoms with Gasteiger partial charge in [0.25, 0.3) is 5.91 Å². The number of benzene rings is 1.